The van der Waals surface area contributed by atoms with Crippen LogP contribution in [0, 0.1) is 60.2 Å². The van der Waals surface area contributed by atoms with E-state index in [1.165, 1.54) is 11.8 Å². The summed E-state index contributed by atoms with van der Waals surface area (Å²) in [6.45, 7) is 81.7. The molecule has 4 aromatic heterocycles. The summed E-state index contributed by atoms with van der Waals surface area (Å²) in [6.07, 6.45) is 27.3. The zero-order chi connectivity index (χ0) is 106. The number of rotatable bonds is 12. The van der Waals surface area contributed by atoms with E-state index in [1.54, 1.807) is 55.8 Å². The number of halogens is 1. The summed E-state index contributed by atoms with van der Waals surface area (Å²) in [4.78, 5) is 135. The number of nitrogens with zero attached hydrogens (tertiary/aromatic N) is 21. The Morgan fingerprint density at radius 2 is 0.608 bits per heavy atom. The Labute approximate surface area is 885 Å². The number of pyridine rings is 3. The van der Waals surface area contributed by atoms with Gasteiger partial charge in [-0.25, -0.2) is 53.8 Å². The molecule has 6 aromatic rings. The number of aromatic nitrogens is 3. The molecule has 6 aliphatic carbocycles. The van der Waals surface area contributed by atoms with E-state index in [1.807, 2.05) is 138 Å². The largest absolute Gasteiger partial charge is 0.390 e. The molecule has 6 aliphatic heterocycles. The Kier molecular flexibility index (Phi) is 41.7. The van der Waals surface area contributed by atoms with Gasteiger partial charge in [0, 0.05) is 334 Å². The summed E-state index contributed by atoms with van der Waals surface area (Å²) in [7, 11) is 0. The Morgan fingerprint density at radius 1 is 0.311 bits per heavy atom. The van der Waals surface area contributed by atoms with Crippen molar-refractivity contribution in [1.82, 2.24) is 73.8 Å². The number of aliphatic hydroxyl groups excluding tert-OH is 1. The van der Waals surface area contributed by atoms with Crippen LogP contribution in [0.15, 0.2) is 133 Å². The Hall–Kier alpha value is -11.0. The molecule has 28 nitrogen and oxygen atoms in total. The molecule has 0 spiro atoms. The molecule has 2 unspecified atom stereocenters. The third-order valence-corrected chi connectivity index (χ3v) is 35.7. The molecule has 6 saturated carbocycles. The molecule has 794 valence electrons. The van der Waals surface area contributed by atoms with Crippen molar-refractivity contribution in [2.45, 2.75) is 324 Å². The second-order valence-corrected chi connectivity index (χ2v) is 44.7. The standard InChI is InChI=1S/C20H26FN3O.3C20H28N4O.C20H27N3O2.C18H25N3OS/c1-16(25)23-12-13-24(15-18(21)14-23)19-8-10-20(22-2,11-9-19)17-6-4-3-5-7-17;1-16-5-6-19(22-15-16)20(21-3)9-7-18(8-10-20)24-12-4-11-23(13-14-24)17(2)25;2*1-16-6-4-7-19(22-16)20(21-3)10-8-18(9-11-20)24-13-5-12-23(14-15-24)17(2)25;1-16(24)22-12-13-23(15-19(25)14-22)18-8-10-20(21-2,11-9-18)17-6-4-3-5-7-17;1-15(22)20-10-4-11-21(13-12-20)16-6-8-18(19-2,9-7-16)17-5-3-14-23-17/h3-7,18-19H,8-15H2,1H3;5-6,15,18H,4,7-14H2,1-2H3;2*4,6-7,18H,5,8-15H2,1-2H3;3-7,18-19,25H,8-15H2,1H3;3,5,14,16H,4,6-13H2,1H3. The summed E-state index contributed by atoms with van der Waals surface area (Å²) >= 11 is 1.73. The van der Waals surface area contributed by atoms with Crippen molar-refractivity contribution < 1.29 is 38.3 Å². The molecule has 30 heteroatoms. The Morgan fingerprint density at radius 3 is 0.912 bits per heavy atom. The van der Waals surface area contributed by atoms with Crippen LogP contribution >= 0.6 is 11.3 Å². The third-order valence-electron chi connectivity index (χ3n) is 34.6. The van der Waals surface area contributed by atoms with E-state index in [0.29, 0.717) is 69.0 Å². The summed E-state index contributed by atoms with van der Waals surface area (Å²) in [5, 5.41) is 12.3. The minimum absolute atomic E-state index is 0.0284. The lowest BCUT2D eigenvalue weighted by atomic mass is 9.75. The maximum Gasteiger partial charge on any atom is 0.274 e. The Balaban J connectivity index is 0.000000148. The van der Waals surface area contributed by atoms with Gasteiger partial charge in [-0.2, -0.15) is 0 Å². The summed E-state index contributed by atoms with van der Waals surface area (Å²) in [6, 6.07) is 43.4. The molecule has 0 radical (unpaired) electrons. The molecule has 6 amide bonds. The normalized spacial score (nSPS) is 29.4. The number of aliphatic hydroxyl groups is 1. The molecule has 2 atom stereocenters. The molecule has 2 aromatic carbocycles. The van der Waals surface area contributed by atoms with E-state index in [0.717, 1.165) is 343 Å². The topological polar surface area (TPSA) is 226 Å². The van der Waals surface area contributed by atoms with Crippen molar-refractivity contribution in [1.29, 1.82) is 0 Å². The van der Waals surface area contributed by atoms with Crippen LogP contribution in [0.4, 0.5) is 4.39 Å². The average molecular weight is 2040 g/mol. The number of β-amino-alcohol motifs (C(OH)–C–C–N with tert-alkyl or cyclic N) is 1. The second kappa shape index (κ2) is 54.1. The van der Waals surface area contributed by atoms with Crippen LogP contribution in [-0.2, 0) is 62.0 Å². The van der Waals surface area contributed by atoms with Crippen molar-refractivity contribution in [3.8, 4) is 0 Å². The van der Waals surface area contributed by atoms with Crippen molar-refractivity contribution in [3.05, 3.63) is 251 Å². The first-order valence-corrected chi connectivity index (χ1v) is 55.8. The number of thiophene rings is 1. The zero-order valence-electron chi connectivity index (χ0n) is 89.7. The maximum absolute atomic E-state index is 14.3. The fourth-order valence-electron chi connectivity index (χ4n) is 25.4. The van der Waals surface area contributed by atoms with Crippen molar-refractivity contribution >= 4 is 46.8 Å². The van der Waals surface area contributed by atoms with Gasteiger partial charge < -0.3 is 63.6 Å². The highest BCUT2D eigenvalue weighted by Gasteiger charge is 2.52. The average Bonchev–Trinajstić information content (AvgIpc) is 1.24. The van der Waals surface area contributed by atoms with E-state index in [9.17, 15) is 38.3 Å². The summed E-state index contributed by atoms with van der Waals surface area (Å²) < 4.78 is 14.3. The van der Waals surface area contributed by atoms with Gasteiger partial charge in [0.15, 0.2) is 0 Å². The van der Waals surface area contributed by atoms with E-state index < -0.39 is 40.0 Å². The van der Waals surface area contributed by atoms with Gasteiger partial charge in [0.2, 0.25) is 35.4 Å². The summed E-state index contributed by atoms with van der Waals surface area (Å²) in [5.74, 6) is 0.721. The number of carbonyl (C=O) groups excluding carboxylic acids is 6. The number of alkyl halides is 1. The second-order valence-electron chi connectivity index (χ2n) is 43.8. The minimum Gasteiger partial charge on any atom is -0.390 e. The molecule has 6 saturated heterocycles. The van der Waals surface area contributed by atoms with Crippen LogP contribution in [0.5, 0.6) is 0 Å². The smallest absolute Gasteiger partial charge is 0.274 e. The highest BCUT2D eigenvalue weighted by Crippen LogP contribution is 2.49. The fraction of sp³-hybridized carbons (Fsp3) is 0.636. The molecule has 0 bridgehead atoms. The first kappa shape index (κ1) is 114. The molecule has 18 rings (SSSR count). The van der Waals surface area contributed by atoms with E-state index in [-0.39, 0.29) is 47.5 Å². The van der Waals surface area contributed by atoms with Crippen LogP contribution in [0.25, 0.3) is 29.1 Å². The van der Waals surface area contributed by atoms with Gasteiger partial charge in [0.1, 0.15) is 23.3 Å². The van der Waals surface area contributed by atoms with Gasteiger partial charge in [0.05, 0.1) is 17.5 Å². The number of hydrogen-bond acceptors (Lipinski definition) is 17. The third kappa shape index (κ3) is 29.6. The number of aryl methyl sites for hydroxylation is 3. The molecule has 12 fully saturated rings. The quantitative estimate of drug-likeness (QED) is 0.112. The van der Waals surface area contributed by atoms with E-state index in [2.05, 4.69) is 109 Å². The molecule has 148 heavy (non-hydrogen) atoms. The van der Waals surface area contributed by atoms with Crippen LogP contribution in [-0.4, -0.2) is 320 Å². The molecule has 1 N–H and O–H groups in total. The van der Waals surface area contributed by atoms with Crippen LogP contribution in [0.1, 0.15) is 271 Å². The SMILES string of the molecule is [C-]#[N+]C1(c2ccc(C)cn2)CCC(N2CCCN(C(C)=O)CC2)CC1.[C-]#[N+]C1(c2cccc(C)n2)CCC(N2CCCN(C(C)=O)CC2)CC1.[C-]#[N+]C1(c2cccc(C)n2)CCC(N2CCCN(C(C)=O)CC2)CC1.[C-]#[N+]C1(c2ccccc2)CCC(N2CCN(C(C)=O)CC(F)C2)CC1.[C-]#[N+]C1(c2ccccc2)CCC(N2CCN(C(C)=O)CC(O)C2)CC1.[C-]#[N+]C1(c2cccs2)CCC(N2CCCN(C(C)=O)CC2)CC1. The number of amides is 6. The van der Waals surface area contributed by atoms with Crippen LogP contribution < -0.4 is 0 Å². The predicted molar refractivity (Wildman–Crippen MR) is 580 cm³/mol. The van der Waals surface area contributed by atoms with E-state index in [4.69, 9.17) is 39.4 Å². The first-order chi connectivity index (χ1) is 71.3. The lowest BCUT2D eigenvalue weighted by Gasteiger charge is -2.38. The highest BCUT2D eigenvalue weighted by molar-refractivity contribution is 7.10. The van der Waals surface area contributed by atoms with Gasteiger partial charge >= 0.3 is 0 Å². The van der Waals surface area contributed by atoms with Crippen molar-refractivity contribution in [3.63, 3.8) is 0 Å². The van der Waals surface area contributed by atoms with Crippen LogP contribution in [0.2, 0.25) is 0 Å². The molecular formula is C118H162FN21O7S. The predicted octanol–water partition coefficient (Wildman–Crippen LogP) is 17.9. The lowest BCUT2D eigenvalue weighted by Crippen LogP contribution is -2.44. The highest BCUT2D eigenvalue weighted by atomic mass is 32.1. The van der Waals surface area contributed by atoms with Gasteiger partial charge in [0.25, 0.3) is 33.2 Å². The first-order valence-electron chi connectivity index (χ1n) is 54.9. The molecular weight excluding hydrogens is 1870 g/mol. The van der Waals surface area contributed by atoms with E-state index >= 15 is 0 Å². The van der Waals surface area contributed by atoms with Crippen molar-refractivity contribution in [2.24, 2.45) is 0 Å². The summed E-state index contributed by atoms with van der Waals surface area (Å²) in [5.41, 5.74) is 5.73. The minimum atomic E-state index is -0.993. The Bertz CT molecular complexity index is 5320. The lowest BCUT2D eigenvalue weighted by molar-refractivity contribution is -0.130. The monoisotopic (exact) mass is 2040 g/mol. The number of hydrogen-bond donors (Lipinski definition) is 1. The van der Waals surface area contributed by atoms with Gasteiger partial charge in [-0.05, 0) is 171 Å². The van der Waals surface area contributed by atoms with Crippen LogP contribution in [0.3, 0.4) is 0 Å². The molecule has 12 aliphatic rings. The maximum atomic E-state index is 14.3. The van der Waals surface area contributed by atoms with Gasteiger partial charge in [-0.15, -0.1) is 11.3 Å². The van der Waals surface area contributed by atoms with Crippen molar-refractivity contribution in [2.75, 3.05) is 157 Å². The number of carbonyl (C=O) groups is 6. The molecule has 10 heterocycles. The van der Waals surface area contributed by atoms with Gasteiger partial charge in [-0.3, -0.25) is 63.2 Å². The number of benzene rings is 2. The zero-order valence-corrected chi connectivity index (χ0v) is 90.5. The van der Waals surface area contributed by atoms with Gasteiger partial charge in [-0.1, -0.05) is 84.9 Å². The fourth-order valence-corrected chi connectivity index (χ4v) is 26.3.